The van der Waals surface area contributed by atoms with E-state index in [0.29, 0.717) is 0 Å². The lowest BCUT2D eigenvalue weighted by Gasteiger charge is -2.21. The Balaban J connectivity index is 6.59. The van der Waals surface area contributed by atoms with E-state index in [1.54, 1.807) is 0 Å². The average Bonchev–Trinajstić information content (AvgIpc) is 2.11. The van der Waals surface area contributed by atoms with Gasteiger partial charge in [0.2, 0.25) is 1.43 Å². The van der Waals surface area contributed by atoms with E-state index in [2.05, 4.69) is 5.11 Å². The summed E-state index contributed by atoms with van der Waals surface area (Å²) in [4.78, 5) is 0. The molecule has 0 aromatic carbocycles. The van der Waals surface area contributed by atoms with Crippen molar-refractivity contribution in [1.29, 1.82) is 1.43 Å². The molecule has 0 bridgehead atoms. The Morgan fingerprint density at radius 2 is 2.86 bits per heavy atom. The van der Waals surface area contributed by atoms with Gasteiger partial charge in [0.25, 0.3) is 0 Å². The third kappa shape index (κ3) is 5.92. The van der Waals surface area contributed by atoms with Crippen molar-refractivity contribution >= 4 is 0 Å². The van der Waals surface area contributed by atoms with Gasteiger partial charge < -0.3 is 9.59 Å². The van der Waals surface area contributed by atoms with E-state index in [9.17, 15) is 0 Å². The summed E-state index contributed by atoms with van der Waals surface area (Å²) in [6.45, 7) is -17.9. The van der Waals surface area contributed by atoms with Crippen molar-refractivity contribution in [2.75, 3.05) is 34.0 Å². The van der Waals surface area contributed by atoms with E-state index in [0.717, 1.165) is 0 Å². The molecule has 44 valence electrons. The molecule has 0 aliphatic carbocycles. The summed E-state index contributed by atoms with van der Waals surface area (Å²) in [7, 11) is 0. The highest BCUT2D eigenvalue weighted by atomic mass is 16.3. The Morgan fingerprint density at radius 1 is 2.00 bits per heavy atom. The first-order valence-corrected chi connectivity index (χ1v) is 1.38. The first-order chi connectivity index (χ1) is 8.50. The maximum atomic E-state index is 7.53. The second-order valence-electron chi connectivity index (χ2n) is 0.937. The molecule has 0 heterocycles. The minimum Gasteiger partial charge on any atom is -0.391 e. The summed E-state index contributed by atoms with van der Waals surface area (Å²) < 4.78 is 90.8. The van der Waals surface area contributed by atoms with Gasteiger partial charge in [0.15, 0.2) is 0 Å². The summed E-state index contributed by atoms with van der Waals surface area (Å²) in [5, 5.41) is 3.48. The third-order valence-corrected chi connectivity index (χ3v) is 0.222. The zero-order chi connectivity index (χ0) is 16.8. The molecule has 0 unspecified atom stereocenters. The normalized spacial score (nSPS) is 47.3. The molecule has 2 heteroatoms. The van der Waals surface area contributed by atoms with Crippen LogP contribution >= 0.6 is 0 Å². The lowest BCUT2D eigenvalue weighted by Crippen LogP contribution is -2.36. The number of rotatable bonds is 3. The van der Waals surface area contributed by atoms with Crippen molar-refractivity contribution in [2.24, 2.45) is 0 Å². The van der Waals surface area contributed by atoms with Crippen LogP contribution in [0.3, 0.4) is 0 Å². The van der Waals surface area contributed by atoms with Crippen LogP contribution in [0.5, 0.6) is 0 Å². The second kappa shape index (κ2) is 2.28. The Kier molecular flexibility index (Phi) is 0.221. The molecule has 0 fully saturated rings. The minimum atomic E-state index is -3.89. The van der Waals surface area contributed by atoms with Crippen LogP contribution in [-0.2, 0) is 0 Å². The monoisotopic (exact) mass is 117 g/mol. The fourth-order valence-electron chi connectivity index (χ4n) is 0.0720. The highest BCUT2D eigenvalue weighted by Crippen LogP contribution is 1.84. The quantitative estimate of drug-likeness (QED) is 0.503. The summed E-state index contributed by atoms with van der Waals surface area (Å²) in [5.74, 6) is 0. The van der Waals surface area contributed by atoms with Gasteiger partial charge in [-0.1, -0.05) is 0 Å². The van der Waals surface area contributed by atoms with Crippen LogP contribution in [0.1, 0.15) is 16.4 Å². The predicted molar refractivity (Wildman–Crippen MR) is 30.0 cm³/mol. The Labute approximate surface area is 63.3 Å². The van der Waals surface area contributed by atoms with Gasteiger partial charge in [0.1, 0.15) is 6.50 Å². The third-order valence-electron chi connectivity index (χ3n) is 0.222. The van der Waals surface area contributed by atoms with Gasteiger partial charge in [-0.15, -0.1) is 0 Å². The number of aliphatic hydroxyl groups is 1. The van der Waals surface area contributed by atoms with Crippen molar-refractivity contribution in [3.8, 4) is 0 Å². The van der Waals surface area contributed by atoms with Gasteiger partial charge in [-0.25, -0.2) is 0 Å². The molecule has 1 N–H and O–H groups in total. The van der Waals surface area contributed by atoms with E-state index in [1.807, 2.05) is 0 Å². The molecule has 0 aromatic heterocycles. The van der Waals surface area contributed by atoms with Gasteiger partial charge in [-0.2, -0.15) is 0 Å². The molecule has 0 rings (SSSR count). The van der Waals surface area contributed by atoms with E-state index >= 15 is 0 Å². The van der Waals surface area contributed by atoms with E-state index in [4.69, 9.17) is 17.9 Å². The maximum Gasteiger partial charge on any atom is 0.210 e. The number of hydrogen-bond donors (Lipinski definition) is 1. The van der Waals surface area contributed by atoms with Gasteiger partial charge in [0.05, 0.1) is 44.0 Å². The smallest absolute Gasteiger partial charge is 0.210 e. The molecule has 0 radical (unpaired) electrons. The lowest BCUT2D eigenvalue weighted by molar-refractivity contribution is -0.870. The summed E-state index contributed by atoms with van der Waals surface area (Å²) >= 11 is 0. The molecular formula is C5H14NO+. The first-order valence-electron chi connectivity index (χ1n) is 7.95. The zero-order valence-electron chi connectivity index (χ0n) is 16.4. The van der Waals surface area contributed by atoms with E-state index in [1.165, 1.54) is 0 Å². The fourth-order valence-corrected chi connectivity index (χ4v) is 0.0720. The van der Waals surface area contributed by atoms with Crippen LogP contribution in [0.2, 0.25) is 0 Å². The molecule has 0 spiro atoms. The van der Waals surface area contributed by atoms with E-state index < -0.39 is 38.5 Å². The molecule has 0 aromatic rings. The SMILES string of the molecule is [2H]OC([2H])([2H])C([2H])([2H])[N+](C([2H])[2H])(C([2H])([2H])[2H])C([2H])([2H])[2H]. The highest BCUT2D eigenvalue weighted by Gasteiger charge is 2.02. The molecular weight excluding hydrogens is 90.1 g/mol. The predicted octanol–water partition coefficient (Wildman–Crippen LogP) is -0.315. The van der Waals surface area contributed by atoms with Crippen LogP contribution in [0, 0.1) is 0 Å². The molecule has 0 saturated heterocycles. The first kappa shape index (κ1) is 0.677. The molecule has 0 amide bonds. The zero-order valence-corrected chi connectivity index (χ0v) is 3.43. The molecule has 0 saturated carbocycles. The van der Waals surface area contributed by atoms with Gasteiger partial charge >= 0.3 is 0 Å². The minimum absolute atomic E-state index is 2.82. The number of quaternary nitrogens is 1. The lowest BCUT2D eigenvalue weighted by atomic mass is 10.5. The number of nitrogens with zero attached hydrogens (tertiary/aromatic N) is 1. The molecule has 0 aliphatic heterocycles. The van der Waals surface area contributed by atoms with Gasteiger partial charge in [0, 0.05) is 0 Å². The van der Waals surface area contributed by atoms with Crippen molar-refractivity contribution < 1.29 is 26.0 Å². The molecule has 0 aliphatic rings. The largest absolute Gasteiger partial charge is 0.391 e. The second-order valence-corrected chi connectivity index (χ2v) is 0.937. The maximum absolute atomic E-state index is 7.53. The highest BCUT2D eigenvalue weighted by molar-refractivity contribution is 4.19. The van der Waals surface area contributed by atoms with Gasteiger partial charge in [-0.05, 0) is 0 Å². The Hall–Kier alpha value is -0.0800. The molecule has 7 heavy (non-hydrogen) atoms. The Morgan fingerprint density at radius 3 is 3.29 bits per heavy atom. The van der Waals surface area contributed by atoms with Gasteiger partial charge in [-0.3, -0.25) is 0 Å². The summed E-state index contributed by atoms with van der Waals surface area (Å²) in [6.07, 6.45) is 0. The Bertz CT molecular complexity index is 328. The number of likely N-dealkylation sites (N-methyl/N-ethyl adjacent to an activating group) is 1. The number of hydrogen-bond acceptors (Lipinski definition) is 1. The van der Waals surface area contributed by atoms with Crippen LogP contribution in [0.25, 0.3) is 0 Å². The van der Waals surface area contributed by atoms with Crippen molar-refractivity contribution in [2.45, 2.75) is 0 Å². The van der Waals surface area contributed by atoms with Crippen LogP contribution in [0.4, 0.5) is 0 Å². The molecule has 0 atom stereocenters. The average molecular weight is 117 g/mol. The van der Waals surface area contributed by atoms with Crippen molar-refractivity contribution in [3.63, 3.8) is 0 Å². The summed E-state index contributed by atoms with van der Waals surface area (Å²) in [5.41, 5.74) is 0. The topological polar surface area (TPSA) is 20.2 Å². The molecule has 2 nitrogen and oxygen atoms in total. The van der Waals surface area contributed by atoms with Crippen molar-refractivity contribution in [3.05, 3.63) is 0 Å². The van der Waals surface area contributed by atoms with Crippen LogP contribution in [0.15, 0.2) is 0 Å². The summed E-state index contributed by atoms with van der Waals surface area (Å²) in [6, 6.07) is 0. The van der Waals surface area contributed by atoms with E-state index in [-0.39, 0.29) is 0 Å². The standard InChI is InChI=1S/C5H14NO/c1-6(2,3)4-5-7/h7H,4-5H2,1-3H3/q+1/i1D2,2D3,3D3,4D2,5D2,7D. The van der Waals surface area contributed by atoms with Crippen molar-refractivity contribution in [1.82, 2.24) is 0 Å². The fraction of sp³-hybridized carbons (Fsp3) is 1.00. The van der Waals surface area contributed by atoms with Crippen LogP contribution < -0.4 is 0 Å². The van der Waals surface area contributed by atoms with Crippen LogP contribution in [-0.4, -0.2) is 45.0 Å².